The minimum absolute atomic E-state index is 0.286. The summed E-state index contributed by atoms with van der Waals surface area (Å²) in [5.41, 5.74) is 5.90. The Hall–Kier alpha value is -1.52. The van der Waals surface area contributed by atoms with Gasteiger partial charge in [-0.15, -0.1) is 0 Å². The molecule has 7 nitrogen and oxygen atoms in total. The summed E-state index contributed by atoms with van der Waals surface area (Å²) in [5, 5.41) is -1.23. The van der Waals surface area contributed by atoms with Crippen LogP contribution in [0, 0.1) is 18.7 Å². The van der Waals surface area contributed by atoms with Crippen LogP contribution < -0.4 is 5.73 Å². The van der Waals surface area contributed by atoms with Gasteiger partial charge in [-0.25, -0.2) is 21.2 Å². The number of likely N-dealkylation sites (tertiary alicyclic amines) is 1. The van der Waals surface area contributed by atoms with Gasteiger partial charge in [0.1, 0.15) is 10.7 Å². The topological polar surface area (TPSA) is 115 Å². The number of sulfone groups is 2. The molecule has 10 heteroatoms. The number of nitrogens with zero attached hydrogens (tertiary/aromatic N) is 1. The number of carbonyl (C=O) groups is 1. The maximum absolute atomic E-state index is 14.2. The number of aryl methyl sites for hydroxylation is 1. The number of benzene rings is 1. The monoisotopic (exact) mass is 418 g/mol. The van der Waals surface area contributed by atoms with Crippen molar-refractivity contribution < 1.29 is 26.0 Å². The summed E-state index contributed by atoms with van der Waals surface area (Å²) in [6.07, 6.45) is 0.912. The molecule has 27 heavy (non-hydrogen) atoms. The number of hydrogen-bond acceptors (Lipinski definition) is 6. The van der Waals surface area contributed by atoms with Crippen molar-refractivity contribution in [3.8, 4) is 0 Å². The van der Waals surface area contributed by atoms with Crippen LogP contribution in [-0.2, 0) is 24.5 Å². The van der Waals surface area contributed by atoms with Crippen molar-refractivity contribution >= 4 is 25.6 Å². The minimum Gasteiger partial charge on any atom is -0.369 e. The van der Waals surface area contributed by atoms with Crippen molar-refractivity contribution in [2.45, 2.75) is 36.0 Å². The van der Waals surface area contributed by atoms with Crippen molar-refractivity contribution in [3.63, 3.8) is 0 Å². The van der Waals surface area contributed by atoms with Crippen LogP contribution in [0.4, 0.5) is 4.39 Å². The lowest BCUT2D eigenvalue weighted by molar-refractivity contribution is -0.123. The van der Waals surface area contributed by atoms with Gasteiger partial charge in [0.15, 0.2) is 19.7 Å². The highest BCUT2D eigenvalue weighted by Gasteiger charge is 2.49. The summed E-state index contributed by atoms with van der Waals surface area (Å²) in [6, 6.07) is 3.03. The number of halogens is 1. The average molecular weight is 419 g/mol. The Morgan fingerprint density at radius 1 is 1.22 bits per heavy atom. The van der Waals surface area contributed by atoms with Gasteiger partial charge in [0, 0.05) is 12.0 Å². The van der Waals surface area contributed by atoms with Crippen LogP contribution in [0.25, 0.3) is 0 Å². The van der Waals surface area contributed by atoms with Crippen molar-refractivity contribution in [2.24, 2.45) is 11.7 Å². The van der Waals surface area contributed by atoms with Crippen molar-refractivity contribution in [1.82, 2.24) is 4.90 Å². The number of carbonyl (C=O) groups excluding carboxylic acids is 1. The fourth-order valence-corrected chi connectivity index (χ4v) is 8.92. The molecule has 2 aliphatic heterocycles. The standard InChI is InChI=1S/C17H23FN2O5S2/c1-11-2-3-13(18)15(8-11)27(24,25)16-10-26(22,23)9-14(16)20-6-4-12(5-7-20)17(19)21/h2-3,8,12,14,16H,4-7,9-10H2,1H3,(H2,19,21)/t14-,16-/m0/s1. The molecular formula is C17H23FN2O5S2. The van der Waals surface area contributed by atoms with E-state index < -0.39 is 53.3 Å². The quantitative estimate of drug-likeness (QED) is 0.751. The molecule has 0 radical (unpaired) electrons. The molecule has 2 fully saturated rings. The minimum atomic E-state index is -4.18. The van der Waals surface area contributed by atoms with Gasteiger partial charge in [0.2, 0.25) is 5.91 Å². The van der Waals surface area contributed by atoms with Gasteiger partial charge in [-0.1, -0.05) is 6.07 Å². The van der Waals surface area contributed by atoms with Crippen LogP contribution >= 0.6 is 0 Å². The smallest absolute Gasteiger partial charge is 0.220 e. The summed E-state index contributed by atoms with van der Waals surface area (Å²) in [6.45, 7) is 2.42. The third-order valence-electron chi connectivity index (χ3n) is 5.46. The lowest BCUT2D eigenvalue weighted by atomic mass is 9.95. The molecule has 2 aliphatic rings. The van der Waals surface area contributed by atoms with Gasteiger partial charge < -0.3 is 5.73 Å². The molecule has 0 aliphatic carbocycles. The molecule has 2 heterocycles. The van der Waals surface area contributed by atoms with Crippen LogP contribution in [0.5, 0.6) is 0 Å². The second kappa shape index (κ2) is 7.14. The lowest BCUT2D eigenvalue weighted by Crippen LogP contribution is -2.50. The molecule has 1 aromatic carbocycles. The van der Waals surface area contributed by atoms with E-state index in [-0.39, 0.29) is 11.7 Å². The van der Waals surface area contributed by atoms with Crippen molar-refractivity contribution in [2.75, 3.05) is 24.6 Å². The fraction of sp³-hybridized carbons (Fsp3) is 0.588. The Morgan fingerprint density at radius 3 is 2.44 bits per heavy atom. The molecule has 1 amide bonds. The second-order valence-electron chi connectivity index (χ2n) is 7.37. The number of amides is 1. The predicted molar refractivity (Wildman–Crippen MR) is 98.0 cm³/mol. The third-order valence-corrected chi connectivity index (χ3v) is 9.60. The Morgan fingerprint density at radius 2 is 1.85 bits per heavy atom. The maximum Gasteiger partial charge on any atom is 0.220 e. The Kier molecular flexibility index (Phi) is 5.35. The molecule has 0 unspecified atom stereocenters. The third kappa shape index (κ3) is 4.02. The average Bonchev–Trinajstić information content (AvgIpc) is 2.93. The fourth-order valence-electron chi connectivity index (χ4n) is 3.94. The zero-order valence-corrected chi connectivity index (χ0v) is 16.6. The highest BCUT2D eigenvalue weighted by molar-refractivity contribution is 7.96. The zero-order valence-electron chi connectivity index (χ0n) is 15.0. The SMILES string of the molecule is Cc1ccc(F)c(S(=O)(=O)[C@H]2CS(=O)(=O)C[C@@H]2N2CCC(C(N)=O)CC2)c1. The normalized spacial score (nSPS) is 26.9. The molecule has 3 rings (SSSR count). The predicted octanol–water partition coefficient (Wildman–Crippen LogP) is 0.271. The molecule has 0 spiro atoms. The highest BCUT2D eigenvalue weighted by Crippen LogP contribution is 2.32. The summed E-state index contributed by atoms with van der Waals surface area (Å²) in [7, 11) is -7.75. The van der Waals surface area contributed by atoms with Crippen LogP contribution in [-0.4, -0.2) is 63.5 Å². The number of piperidine rings is 1. The molecule has 2 atom stereocenters. The second-order valence-corrected chi connectivity index (χ2v) is 11.7. The summed E-state index contributed by atoms with van der Waals surface area (Å²) in [5.74, 6) is -2.38. The van der Waals surface area contributed by atoms with E-state index in [2.05, 4.69) is 0 Å². The summed E-state index contributed by atoms with van der Waals surface area (Å²) < 4.78 is 64.9. The van der Waals surface area contributed by atoms with Crippen LogP contribution in [0.1, 0.15) is 18.4 Å². The molecule has 0 bridgehead atoms. The van der Waals surface area contributed by atoms with E-state index in [1.165, 1.54) is 12.1 Å². The van der Waals surface area contributed by atoms with Crippen LogP contribution in [0.3, 0.4) is 0 Å². The van der Waals surface area contributed by atoms with Crippen LogP contribution in [0.2, 0.25) is 0 Å². The van der Waals surface area contributed by atoms with E-state index >= 15 is 0 Å². The Bertz CT molecular complexity index is 954. The molecular weight excluding hydrogens is 395 g/mol. The molecule has 0 saturated carbocycles. The van der Waals surface area contributed by atoms with Gasteiger partial charge >= 0.3 is 0 Å². The molecule has 2 saturated heterocycles. The first-order valence-corrected chi connectivity index (χ1v) is 12.1. The number of nitrogens with two attached hydrogens (primary N) is 1. The van der Waals surface area contributed by atoms with Gasteiger partial charge in [-0.05, 0) is 50.6 Å². The van der Waals surface area contributed by atoms with E-state index in [9.17, 15) is 26.0 Å². The Labute approximate surface area is 158 Å². The zero-order chi connectivity index (χ0) is 20.0. The van der Waals surface area contributed by atoms with E-state index in [4.69, 9.17) is 5.73 Å². The first kappa shape index (κ1) is 20.2. The summed E-state index contributed by atoms with van der Waals surface area (Å²) >= 11 is 0. The van der Waals surface area contributed by atoms with Gasteiger partial charge in [0.05, 0.1) is 16.8 Å². The van der Waals surface area contributed by atoms with Gasteiger partial charge in [-0.3, -0.25) is 9.69 Å². The van der Waals surface area contributed by atoms with Gasteiger partial charge in [0.25, 0.3) is 0 Å². The van der Waals surface area contributed by atoms with Crippen LogP contribution in [0.15, 0.2) is 23.1 Å². The summed E-state index contributed by atoms with van der Waals surface area (Å²) in [4.78, 5) is 12.7. The highest BCUT2D eigenvalue weighted by atomic mass is 32.2. The Balaban J connectivity index is 1.93. The molecule has 2 N–H and O–H groups in total. The molecule has 1 aromatic rings. The van der Waals surface area contributed by atoms with Crippen molar-refractivity contribution in [1.29, 1.82) is 0 Å². The van der Waals surface area contributed by atoms with E-state index in [1.54, 1.807) is 11.8 Å². The largest absolute Gasteiger partial charge is 0.369 e. The lowest BCUT2D eigenvalue weighted by Gasteiger charge is -2.36. The maximum atomic E-state index is 14.2. The van der Waals surface area contributed by atoms with Gasteiger partial charge in [-0.2, -0.15) is 0 Å². The molecule has 150 valence electrons. The van der Waals surface area contributed by atoms with E-state index in [0.717, 1.165) is 6.07 Å². The number of hydrogen-bond donors (Lipinski definition) is 1. The first-order valence-electron chi connectivity index (χ1n) is 8.75. The van der Waals surface area contributed by atoms with E-state index in [1.807, 2.05) is 0 Å². The number of primary amides is 1. The first-order chi connectivity index (χ1) is 12.5. The number of rotatable bonds is 4. The van der Waals surface area contributed by atoms with Crippen molar-refractivity contribution in [3.05, 3.63) is 29.6 Å². The molecule has 0 aromatic heterocycles. The van der Waals surface area contributed by atoms with E-state index in [0.29, 0.717) is 31.5 Å².